The number of nitrogens with one attached hydrogen (secondary N) is 1. The highest BCUT2D eigenvalue weighted by molar-refractivity contribution is 5.01. The van der Waals surface area contributed by atoms with E-state index in [0.29, 0.717) is 5.41 Å². The molecule has 1 N–H and O–H groups in total. The van der Waals surface area contributed by atoms with E-state index in [0.717, 1.165) is 25.8 Å². The summed E-state index contributed by atoms with van der Waals surface area (Å²) in [6, 6.07) is 0.803. The van der Waals surface area contributed by atoms with Crippen molar-refractivity contribution in [3.05, 3.63) is 0 Å². The number of ether oxygens (including phenoxy) is 1. The van der Waals surface area contributed by atoms with Gasteiger partial charge in [0.15, 0.2) is 0 Å². The molecule has 2 heteroatoms. The minimum absolute atomic E-state index is 0.696. The Labute approximate surface area is 107 Å². The van der Waals surface area contributed by atoms with E-state index in [1.54, 1.807) is 0 Å². The lowest BCUT2D eigenvalue weighted by molar-refractivity contribution is 0.0177. The Morgan fingerprint density at radius 2 is 1.94 bits per heavy atom. The minimum atomic E-state index is 0.696. The lowest BCUT2D eigenvalue weighted by Crippen LogP contribution is -2.54. The zero-order chi connectivity index (χ0) is 12.0. The van der Waals surface area contributed by atoms with Crippen molar-refractivity contribution < 1.29 is 4.74 Å². The van der Waals surface area contributed by atoms with Gasteiger partial charge in [-0.1, -0.05) is 32.6 Å². The van der Waals surface area contributed by atoms with E-state index in [9.17, 15) is 0 Å². The standard InChI is InChI=1S/C15H29NO/c1-2-3-12-17-13-11-16-14-7-10-15(14)8-5-4-6-9-15/h14,16H,2-13H2,1H3. The highest BCUT2D eigenvalue weighted by Crippen LogP contribution is 2.51. The van der Waals surface area contributed by atoms with E-state index in [1.807, 2.05) is 0 Å². The smallest absolute Gasteiger partial charge is 0.0591 e. The number of hydrogen-bond acceptors (Lipinski definition) is 2. The van der Waals surface area contributed by atoms with Crippen LogP contribution in [0, 0.1) is 5.41 Å². The van der Waals surface area contributed by atoms with Crippen molar-refractivity contribution in [3.63, 3.8) is 0 Å². The molecular formula is C15H29NO. The van der Waals surface area contributed by atoms with Crippen LogP contribution in [0.3, 0.4) is 0 Å². The van der Waals surface area contributed by atoms with Crippen molar-refractivity contribution in [1.29, 1.82) is 0 Å². The fourth-order valence-corrected chi connectivity index (χ4v) is 3.52. The third-order valence-electron chi connectivity index (χ3n) is 4.80. The van der Waals surface area contributed by atoms with Crippen LogP contribution in [0.4, 0.5) is 0 Å². The predicted molar refractivity (Wildman–Crippen MR) is 72.3 cm³/mol. The Morgan fingerprint density at radius 3 is 2.59 bits per heavy atom. The fourth-order valence-electron chi connectivity index (χ4n) is 3.52. The largest absolute Gasteiger partial charge is 0.380 e. The lowest BCUT2D eigenvalue weighted by Gasteiger charge is -2.52. The maximum atomic E-state index is 5.61. The Hall–Kier alpha value is -0.0800. The summed E-state index contributed by atoms with van der Waals surface area (Å²) in [5.74, 6) is 0. The summed E-state index contributed by atoms with van der Waals surface area (Å²) in [5.41, 5.74) is 0.696. The molecule has 2 aliphatic rings. The second kappa shape index (κ2) is 6.75. The molecule has 2 saturated carbocycles. The summed E-state index contributed by atoms with van der Waals surface area (Å²) in [6.45, 7) is 5.10. The van der Waals surface area contributed by atoms with Gasteiger partial charge in [-0.25, -0.2) is 0 Å². The van der Waals surface area contributed by atoms with Crippen LogP contribution in [0.5, 0.6) is 0 Å². The van der Waals surface area contributed by atoms with Gasteiger partial charge in [0.1, 0.15) is 0 Å². The summed E-state index contributed by atoms with van der Waals surface area (Å²) in [7, 11) is 0. The highest BCUT2D eigenvalue weighted by Gasteiger charge is 2.46. The lowest BCUT2D eigenvalue weighted by atomic mass is 9.57. The summed E-state index contributed by atoms with van der Waals surface area (Å²) in [6.07, 6.45) is 12.6. The van der Waals surface area contributed by atoms with Crippen molar-refractivity contribution in [2.45, 2.75) is 70.8 Å². The third-order valence-corrected chi connectivity index (χ3v) is 4.80. The summed E-state index contributed by atoms with van der Waals surface area (Å²) < 4.78 is 5.61. The molecule has 0 radical (unpaired) electrons. The molecule has 100 valence electrons. The van der Waals surface area contributed by atoms with Crippen LogP contribution in [-0.2, 0) is 4.74 Å². The molecule has 0 amide bonds. The Morgan fingerprint density at radius 1 is 1.12 bits per heavy atom. The first-order chi connectivity index (χ1) is 8.37. The van der Waals surface area contributed by atoms with Crippen LogP contribution in [0.2, 0.25) is 0 Å². The third kappa shape index (κ3) is 3.45. The second-order valence-electron chi connectivity index (χ2n) is 5.93. The summed E-state index contributed by atoms with van der Waals surface area (Å²) >= 11 is 0. The van der Waals surface area contributed by atoms with E-state index in [1.165, 1.54) is 57.8 Å². The molecule has 2 nitrogen and oxygen atoms in total. The first-order valence-corrected chi connectivity index (χ1v) is 7.68. The summed E-state index contributed by atoms with van der Waals surface area (Å²) in [5, 5.41) is 3.73. The molecule has 2 rings (SSSR count). The molecule has 0 saturated heterocycles. The van der Waals surface area contributed by atoms with Gasteiger partial charge in [0, 0.05) is 19.2 Å². The van der Waals surface area contributed by atoms with Crippen molar-refractivity contribution in [1.82, 2.24) is 5.32 Å². The van der Waals surface area contributed by atoms with E-state index >= 15 is 0 Å². The van der Waals surface area contributed by atoms with Gasteiger partial charge in [-0.15, -0.1) is 0 Å². The van der Waals surface area contributed by atoms with Gasteiger partial charge in [-0.3, -0.25) is 0 Å². The van der Waals surface area contributed by atoms with Crippen molar-refractivity contribution in [3.8, 4) is 0 Å². The van der Waals surface area contributed by atoms with Crippen molar-refractivity contribution >= 4 is 0 Å². The normalized spacial score (nSPS) is 27.0. The summed E-state index contributed by atoms with van der Waals surface area (Å²) in [4.78, 5) is 0. The molecule has 1 spiro atoms. The zero-order valence-corrected chi connectivity index (χ0v) is 11.5. The van der Waals surface area contributed by atoms with Crippen LogP contribution in [0.1, 0.15) is 64.7 Å². The van der Waals surface area contributed by atoms with E-state index in [2.05, 4.69) is 12.2 Å². The molecule has 0 aromatic carbocycles. The van der Waals surface area contributed by atoms with Gasteiger partial charge in [-0.2, -0.15) is 0 Å². The SMILES string of the molecule is CCCCOCCNC1CCC12CCCCC2. The fraction of sp³-hybridized carbons (Fsp3) is 1.00. The molecule has 2 fully saturated rings. The molecular weight excluding hydrogens is 210 g/mol. The first kappa shape index (κ1) is 13.4. The quantitative estimate of drug-likeness (QED) is 0.687. The van der Waals surface area contributed by atoms with Gasteiger partial charge in [0.2, 0.25) is 0 Å². The van der Waals surface area contributed by atoms with Crippen LogP contribution < -0.4 is 5.32 Å². The van der Waals surface area contributed by atoms with Crippen LogP contribution in [0.25, 0.3) is 0 Å². The highest BCUT2D eigenvalue weighted by atomic mass is 16.5. The molecule has 2 aliphatic carbocycles. The average molecular weight is 239 g/mol. The van der Waals surface area contributed by atoms with Gasteiger partial charge in [0.25, 0.3) is 0 Å². The number of rotatable bonds is 7. The second-order valence-corrected chi connectivity index (χ2v) is 5.93. The molecule has 0 bridgehead atoms. The maximum absolute atomic E-state index is 5.61. The Balaban J connectivity index is 1.56. The molecule has 1 atom stereocenters. The average Bonchev–Trinajstić information content (AvgIpc) is 2.37. The van der Waals surface area contributed by atoms with Crippen LogP contribution >= 0.6 is 0 Å². The monoisotopic (exact) mass is 239 g/mol. The Kier molecular flexibility index (Phi) is 5.30. The maximum Gasteiger partial charge on any atom is 0.0591 e. The van der Waals surface area contributed by atoms with Crippen LogP contribution in [-0.4, -0.2) is 25.8 Å². The molecule has 0 heterocycles. The van der Waals surface area contributed by atoms with Gasteiger partial charge >= 0.3 is 0 Å². The van der Waals surface area contributed by atoms with Gasteiger partial charge < -0.3 is 10.1 Å². The molecule has 17 heavy (non-hydrogen) atoms. The van der Waals surface area contributed by atoms with Crippen molar-refractivity contribution in [2.24, 2.45) is 5.41 Å². The molecule has 0 aliphatic heterocycles. The topological polar surface area (TPSA) is 21.3 Å². The molecule has 0 aromatic rings. The minimum Gasteiger partial charge on any atom is -0.380 e. The zero-order valence-electron chi connectivity index (χ0n) is 11.5. The van der Waals surface area contributed by atoms with Gasteiger partial charge in [-0.05, 0) is 37.5 Å². The van der Waals surface area contributed by atoms with Gasteiger partial charge in [0.05, 0.1) is 6.61 Å². The predicted octanol–water partition coefficient (Wildman–Crippen LogP) is 3.51. The van der Waals surface area contributed by atoms with E-state index < -0.39 is 0 Å². The van der Waals surface area contributed by atoms with E-state index in [4.69, 9.17) is 4.74 Å². The number of unbranched alkanes of at least 4 members (excludes halogenated alkanes) is 1. The van der Waals surface area contributed by atoms with E-state index in [-0.39, 0.29) is 0 Å². The van der Waals surface area contributed by atoms with Crippen LogP contribution in [0.15, 0.2) is 0 Å². The number of hydrogen-bond donors (Lipinski definition) is 1. The van der Waals surface area contributed by atoms with Crippen molar-refractivity contribution in [2.75, 3.05) is 19.8 Å². The molecule has 0 aromatic heterocycles. The molecule has 1 unspecified atom stereocenters. The Bertz CT molecular complexity index is 211. The first-order valence-electron chi connectivity index (χ1n) is 7.68.